The van der Waals surface area contributed by atoms with Crippen molar-refractivity contribution in [2.75, 3.05) is 13.1 Å². The SMILES string of the molecule is O=C(c1ccnnc1)N1CCC[C@H](Cc2cnc3ccccc3c2)CC1. The maximum Gasteiger partial charge on any atom is 0.255 e. The molecule has 1 aliphatic rings. The van der Waals surface area contributed by atoms with Crippen molar-refractivity contribution in [3.63, 3.8) is 0 Å². The van der Waals surface area contributed by atoms with E-state index in [4.69, 9.17) is 0 Å². The minimum Gasteiger partial charge on any atom is -0.339 e. The molecule has 4 rings (SSSR count). The van der Waals surface area contributed by atoms with Crippen molar-refractivity contribution < 1.29 is 4.79 Å². The van der Waals surface area contributed by atoms with Crippen LogP contribution in [0.25, 0.3) is 10.9 Å². The van der Waals surface area contributed by atoms with Crippen molar-refractivity contribution in [1.29, 1.82) is 0 Å². The standard InChI is InChI=1S/C21H22N4O/c26-21(19-7-9-23-24-15-19)25-10-3-4-16(8-11-25)12-17-13-18-5-1-2-6-20(18)22-14-17/h1-2,5-7,9,13-16H,3-4,8,10-12H2/t16-/m0/s1. The highest BCUT2D eigenvalue weighted by atomic mass is 16.2. The highest BCUT2D eigenvalue weighted by molar-refractivity contribution is 5.93. The minimum atomic E-state index is 0.0629. The molecule has 5 heteroatoms. The van der Waals surface area contributed by atoms with Crippen LogP contribution in [0.2, 0.25) is 0 Å². The van der Waals surface area contributed by atoms with Gasteiger partial charge in [0.15, 0.2) is 0 Å². The van der Waals surface area contributed by atoms with Crippen molar-refractivity contribution >= 4 is 16.8 Å². The Morgan fingerprint density at radius 2 is 2.00 bits per heavy atom. The molecule has 0 spiro atoms. The summed E-state index contributed by atoms with van der Waals surface area (Å²) in [5.74, 6) is 0.652. The zero-order valence-corrected chi connectivity index (χ0v) is 14.7. The summed E-state index contributed by atoms with van der Waals surface area (Å²) in [7, 11) is 0. The molecule has 0 saturated carbocycles. The molecule has 0 N–H and O–H groups in total. The lowest BCUT2D eigenvalue weighted by Crippen LogP contribution is -2.32. The van der Waals surface area contributed by atoms with Crippen LogP contribution >= 0.6 is 0 Å². The van der Waals surface area contributed by atoms with E-state index in [1.165, 1.54) is 10.9 Å². The van der Waals surface area contributed by atoms with Gasteiger partial charge in [0, 0.05) is 24.7 Å². The predicted molar refractivity (Wildman–Crippen MR) is 101 cm³/mol. The summed E-state index contributed by atoms with van der Waals surface area (Å²) in [6.45, 7) is 1.61. The van der Waals surface area contributed by atoms with Crippen LogP contribution in [0.3, 0.4) is 0 Å². The van der Waals surface area contributed by atoms with Gasteiger partial charge in [-0.05, 0) is 55.4 Å². The van der Waals surface area contributed by atoms with Gasteiger partial charge in [0.05, 0.1) is 23.5 Å². The van der Waals surface area contributed by atoms with Crippen LogP contribution in [0.4, 0.5) is 0 Å². The van der Waals surface area contributed by atoms with Gasteiger partial charge >= 0.3 is 0 Å². The smallest absolute Gasteiger partial charge is 0.255 e. The van der Waals surface area contributed by atoms with E-state index in [9.17, 15) is 4.79 Å². The number of carbonyl (C=O) groups is 1. The third-order valence-electron chi connectivity index (χ3n) is 5.14. The molecule has 0 radical (unpaired) electrons. The lowest BCUT2D eigenvalue weighted by atomic mass is 9.93. The van der Waals surface area contributed by atoms with Crippen LogP contribution in [-0.4, -0.2) is 39.1 Å². The van der Waals surface area contributed by atoms with Crippen LogP contribution in [0, 0.1) is 5.92 Å². The molecule has 2 aromatic heterocycles. The predicted octanol–water partition coefficient (Wildman–Crippen LogP) is 3.51. The summed E-state index contributed by atoms with van der Waals surface area (Å²) in [6.07, 6.45) is 9.35. The number of pyridine rings is 1. The van der Waals surface area contributed by atoms with Crippen molar-refractivity contribution in [3.05, 3.63) is 66.1 Å². The molecule has 0 bridgehead atoms. The summed E-state index contributed by atoms with van der Waals surface area (Å²) in [5.41, 5.74) is 2.95. The molecule has 26 heavy (non-hydrogen) atoms. The van der Waals surface area contributed by atoms with Gasteiger partial charge in [-0.2, -0.15) is 10.2 Å². The Labute approximate surface area is 153 Å². The molecular formula is C21H22N4O. The van der Waals surface area contributed by atoms with Gasteiger partial charge in [-0.1, -0.05) is 18.2 Å². The number of amides is 1. The highest BCUT2D eigenvalue weighted by Gasteiger charge is 2.22. The van der Waals surface area contributed by atoms with Gasteiger partial charge in [0.25, 0.3) is 5.91 Å². The van der Waals surface area contributed by atoms with E-state index in [1.54, 1.807) is 18.5 Å². The van der Waals surface area contributed by atoms with E-state index in [1.807, 2.05) is 23.2 Å². The molecule has 3 heterocycles. The van der Waals surface area contributed by atoms with Crippen LogP contribution in [0.1, 0.15) is 35.2 Å². The monoisotopic (exact) mass is 346 g/mol. The summed E-state index contributed by atoms with van der Waals surface area (Å²) in [5, 5.41) is 8.76. The molecule has 3 aromatic rings. The number of carbonyl (C=O) groups excluding carboxylic acids is 1. The first-order valence-electron chi connectivity index (χ1n) is 9.19. The van der Waals surface area contributed by atoms with Crippen molar-refractivity contribution in [1.82, 2.24) is 20.1 Å². The van der Waals surface area contributed by atoms with Crippen molar-refractivity contribution in [2.24, 2.45) is 5.92 Å². The number of hydrogen-bond donors (Lipinski definition) is 0. The van der Waals surface area contributed by atoms with Gasteiger partial charge in [-0.15, -0.1) is 0 Å². The maximum absolute atomic E-state index is 12.6. The molecule has 1 fully saturated rings. The molecule has 1 aromatic carbocycles. The average Bonchev–Trinajstić information content (AvgIpc) is 2.93. The van der Waals surface area contributed by atoms with Gasteiger partial charge in [-0.3, -0.25) is 9.78 Å². The van der Waals surface area contributed by atoms with Crippen LogP contribution in [0.15, 0.2) is 55.0 Å². The second-order valence-electron chi connectivity index (χ2n) is 6.96. The number of likely N-dealkylation sites (tertiary alicyclic amines) is 1. The van der Waals surface area contributed by atoms with E-state index in [2.05, 4.69) is 33.4 Å². The molecule has 1 aliphatic heterocycles. The maximum atomic E-state index is 12.6. The largest absolute Gasteiger partial charge is 0.339 e. The molecular weight excluding hydrogens is 324 g/mol. The average molecular weight is 346 g/mol. The summed E-state index contributed by atoms with van der Waals surface area (Å²) < 4.78 is 0. The number of para-hydroxylation sites is 1. The summed E-state index contributed by atoms with van der Waals surface area (Å²) >= 11 is 0. The quantitative estimate of drug-likeness (QED) is 0.728. The van der Waals surface area contributed by atoms with Crippen molar-refractivity contribution in [2.45, 2.75) is 25.7 Å². The Balaban J connectivity index is 1.41. The van der Waals surface area contributed by atoms with E-state index < -0.39 is 0 Å². The van der Waals surface area contributed by atoms with Gasteiger partial charge in [0.1, 0.15) is 0 Å². The van der Waals surface area contributed by atoms with E-state index in [0.717, 1.165) is 44.3 Å². The minimum absolute atomic E-state index is 0.0629. The first-order chi connectivity index (χ1) is 12.8. The zero-order chi connectivity index (χ0) is 17.8. The van der Waals surface area contributed by atoms with E-state index >= 15 is 0 Å². The fourth-order valence-corrected chi connectivity index (χ4v) is 3.73. The summed E-state index contributed by atoms with van der Waals surface area (Å²) in [4.78, 5) is 19.1. The van der Waals surface area contributed by atoms with E-state index in [0.29, 0.717) is 11.5 Å². The fraction of sp³-hybridized carbons (Fsp3) is 0.333. The van der Waals surface area contributed by atoms with Crippen LogP contribution < -0.4 is 0 Å². The normalized spacial score (nSPS) is 17.8. The number of fused-ring (bicyclic) bond motifs is 1. The second kappa shape index (κ2) is 7.60. The fourth-order valence-electron chi connectivity index (χ4n) is 3.73. The van der Waals surface area contributed by atoms with Crippen LogP contribution in [0.5, 0.6) is 0 Å². The molecule has 1 amide bonds. The third-order valence-corrected chi connectivity index (χ3v) is 5.14. The Morgan fingerprint density at radius 1 is 1.08 bits per heavy atom. The first kappa shape index (κ1) is 16.6. The molecule has 1 saturated heterocycles. The second-order valence-corrected chi connectivity index (χ2v) is 6.96. The van der Waals surface area contributed by atoms with Crippen molar-refractivity contribution in [3.8, 4) is 0 Å². The summed E-state index contributed by atoms with van der Waals surface area (Å²) in [6, 6.07) is 12.2. The number of rotatable bonds is 3. The lowest BCUT2D eigenvalue weighted by molar-refractivity contribution is 0.0759. The lowest BCUT2D eigenvalue weighted by Gasteiger charge is -2.20. The number of nitrogens with zero attached hydrogens (tertiary/aromatic N) is 4. The number of aromatic nitrogens is 3. The van der Waals surface area contributed by atoms with Gasteiger partial charge in [0.2, 0.25) is 0 Å². The Morgan fingerprint density at radius 3 is 2.88 bits per heavy atom. The Bertz CT molecular complexity index is 897. The molecule has 1 atom stereocenters. The Hall–Kier alpha value is -2.82. The topological polar surface area (TPSA) is 59.0 Å². The Kier molecular flexibility index (Phi) is 4.86. The third kappa shape index (κ3) is 3.72. The number of hydrogen-bond acceptors (Lipinski definition) is 4. The zero-order valence-electron chi connectivity index (χ0n) is 14.7. The molecule has 5 nitrogen and oxygen atoms in total. The van der Waals surface area contributed by atoms with Gasteiger partial charge < -0.3 is 4.90 Å². The highest BCUT2D eigenvalue weighted by Crippen LogP contribution is 2.24. The van der Waals surface area contributed by atoms with Crippen LogP contribution in [-0.2, 0) is 6.42 Å². The van der Waals surface area contributed by atoms with E-state index in [-0.39, 0.29) is 5.91 Å². The molecule has 132 valence electrons. The molecule has 0 aliphatic carbocycles. The molecule has 0 unspecified atom stereocenters. The number of benzene rings is 1. The van der Waals surface area contributed by atoms with Gasteiger partial charge in [-0.25, -0.2) is 0 Å². The first-order valence-corrected chi connectivity index (χ1v) is 9.19.